The van der Waals surface area contributed by atoms with E-state index in [1.807, 2.05) is 42.9 Å². The van der Waals surface area contributed by atoms with Gasteiger partial charge >= 0.3 is 0 Å². The van der Waals surface area contributed by atoms with Gasteiger partial charge in [0.05, 0.1) is 18.3 Å². The van der Waals surface area contributed by atoms with Crippen molar-refractivity contribution >= 4 is 16.9 Å². The molecule has 1 amide bonds. The molecule has 2 atom stereocenters. The van der Waals surface area contributed by atoms with Crippen LogP contribution in [0.1, 0.15) is 37.1 Å². The maximum atomic E-state index is 12.8. The lowest BCUT2D eigenvalue weighted by atomic mass is 10.0. The third-order valence-corrected chi connectivity index (χ3v) is 7.46. The Morgan fingerprint density at radius 2 is 2.06 bits per heavy atom. The molecule has 1 aromatic carbocycles. The first kappa shape index (κ1) is 23.3. The average molecular weight is 473 g/mol. The summed E-state index contributed by atoms with van der Waals surface area (Å²) in [5.74, 6) is 1.81. The molecule has 2 aliphatic rings. The van der Waals surface area contributed by atoms with Gasteiger partial charge in [-0.15, -0.1) is 0 Å². The summed E-state index contributed by atoms with van der Waals surface area (Å²) in [4.78, 5) is 25.9. The first-order valence-electron chi connectivity index (χ1n) is 12.4. The van der Waals surface area contributed by atoms with Crippen molar-refractivity contribution in [3.05, 3.63) is 41.9 Å². The van der Waals surface area contributed by atoms with Crippen molar-refractivity contribution in [3.8, 4) is 23.1 Å². The summed E-state index contributed by atoms with van der Waals surface area (Å²) in [6, 6.07) is 10.1. The number of hydrogen-bond acceptors (Lipinski definition) is 6. The molecule has 0 aliphatic carbocycles. The number of amides is 1. The lowest BCUT2D eigenvalue weighted by Crippen LogP contribution is -2.43. The van der Waals surface area contributed by atoms with Crippen LogP contribution in [-0.4, -0.2) is 69.6 Å². The van der Waals surface area contributed by atoms with Crippen LogP contribution in [0.5, 0.6) is 5.75 Å². The van der Waals surface area contributed by atoms with Gasteiger partial charge in [0.1, 0.15) is 17.5 Å². The summed E-state index contributed by atoms with van der Waals surface area (Å²) in [7, 11) is 3.97. The molecule has 5 rings (SSSR count). The number of likely N-dealkylation sites (N-methyl/N-ethyl adjacent to an activating group) is 1. The van der Waals surface area contributed by atoms with Crippen molar-refractivity contribution in [2.24, 2.45) is 13.0 Å². The van der Waals surface area contributed by atoms with Gasteiger partial charge in [-0.05, 0) is 81.9 Å². The standard InChI is InChI=1S/C27H32N6O2/c1-18-15-20(25-21-9-12-32(3)26(21)30-24(16-28)29-25)6-7-23(18)35-14-10-19-8-13-33(17-19)27(34)22-5-4-11-31(22)2/h6-7,9,12,15,19,22H,4-5,8,10-11,13-14,17H2,1-3H3/t19?,22-/m0/s1. The normalized spacial score (nSPS) is 20.5. The van der Waals surface area contributed by atoms with E-state index in [1.165, 1.54) is 0 Å². The zero-order chi connectivity index (χ0) is 24.5. The van der Waals surface area contributed by atoms with Gasteiger partial charge in [0.15, 0.2) is 0 Å². The summed E-state index contributed by atoms with van der Waals surface area (Å²) in [5.41, 5.74) is 3.46. The molecule has 0 bridgehead atoms. The van der Waals surface area contributed by atoms with Crippen LogP contribution >= 0.6 is 0 Å². The van der Waals surface area contributed by atoms with Crippen molar-refractivity contribution < 1.29 is 9.53 Å². The second-order valence-corrected chi connectivity index (χ2v) is 9.87. The second-order valence-electron chi connectivity index (χ2n) is 9.87. The summed E-state index contributed by atoms with van der Waals surface area (Å²) in [5, 5.41) is 10.3. The molecule has 0 saturated carbocycles. The molecule has 3 aromatic rings. The molecular weight excluding hydrogens is 440 g/mol. The van der Waals surface area contributed by atoms with Crippen LogP contribution in [0, 0.1) is 24.2 Å². The van der Waals surface area contributed by atoms with E-state index in [9.17, 15) is 10.1 Å². The molecular formula is C27H32N6O2. The van der Waals surface area contributed by atoms with Gasteiger partial charge < -0.3 is 14.2 Å². The average Bonchev–Trinajstić information content (AvgIpc) is 3.60. The number of rotatable bonds is 6. The smallest absolute Gasteiger partial charge is 0.239 e. The minimum absolute atomic E-state index is 0.0717. The molecule has 0 spiro atoms. The maximum absolute atomic E-state index is 12.8. The molecule has 1 unspecified atom stereocenters. The fourth-order valence-corrected chi connectivity index (χ4v) is 5.40. The Balaban J connectivity index is 1.21. The summed E-state index contributed by atoms with van der Waals surface area (Å²) >= 11 is 0. The Morgan fingerprint density at radius 1 is 1.20 bits per heavy atom. The van der Waals surface area contributed by atoms with Crippen molar-refractivity contribution in [1.82, 2.24) is 24.3 Å². The quantitative estimate of drug-likeness (QED) is 0.546. The van der Waals surface area contributed by atoms with Crippen molar-refractivity contribution in [1.29, 1.82) is 5.26 Å². The van der Waals surface area contributed by atoms with Gasteiger partial charge in [-0.25, -0.2) is 9.97 Å². The van der Waals surface area contributed by atoms with E-state index in [2.05, 4.69) is 39.0 Å². The highest BCUT2D eigenvalue weighted by Crippen LogP contribution is 2.31. The van der Waals surface area contributed by atoms with Crippen LogP contribution < -0.4 is 4.74 Å². The van der Waals surface area contributed by atoms with E-state index >= 15 is 0 Å². The van der Waals surface area contributed by atoms with E-state index in [4.69, 9.17) is 4.74 Å². The summed E-state index contributed by atoms with van der Waals surface area (Å²) in [6.45, 7) is 5.38. The molecule has 8 nitrogen and oxygen atoms in total. The van der Waals surface area contributed by atoms with Gasteiger partial charge in [-0.3, -0.25) is 9.69 Å². The molecule has 35 heavy (non-hydrogen) atoms. The first-order valence-corrected chi connectivity index (χ1v) is 12.4. The number of carbonyl (C=O) groups excluding carboxylic acids is 1. The largest absolute Gasteiger partial charge is 0.493 e. The highest BCUT2D eigenvalue weighted by molar-refractivity contribution is 5.91. The van der Waals surface area contributed by atoms with Gasteiger partial charge in [-0.1, -0.05) is 0 Å². The zero-order valence-corrected chi connectivity index (χ0v) is 20.7. The number of hydrogen-bond donors (Lipinski definition) is 0. The van der Waals surface area contributed by atoms with Gasteiger partial charge in [0.2, 0.25) is 11.7 Å². The highest BCUT2D eigenvalue weighted by Gasteiger charge is 2.34. The Labute approximate surface area is 206 Å². The molecule has 2 aromatic heterocycles. The fraction of sp³-hybridized carbons (Fsp3) is 0.481. The molecule has 8 heteroatoms. The molecule has 2 fully saturated rings. The summed E-state index contributed by atoms with van der Waals surface area (Å²) in [6.07, 6.45) is 6.01. The van der Waals surface area contributed by atoms with E-state index in [-0.39, 0.29) is 11.9 Å². The number of ether oxygens (including phenoxy) is 1. The molecule has 2 aliphatic heterocycles. The number of nitriles is 1. The number of aromatic nitrogens is 3. The third-order valence-electron chi connectivity index (χ3n) is 7.46. The molecule has 182 valence electrons. The number of carbonyl (C=O) groups is 1. The van der Waals surface area contributed by atoms with Gasteiger partial charge in [0, 0.05) is 37.3 Å². The number of aryl methyl sites for hydroxylation is 2. The van der Waals surface area contributed by atoms with Crippen LogP contribution in [0.4, 0.5) is 0 Å². The fourth-order valence-electron chi connectivity index (χ4n) is 5.40. The Bertz CT molecular complexity index is 1290. The molecule has 2 saturated heterocycles. The second kappa shape index (κ2) is 9.67. The minimum Gasteiger partial charge on any atom is -0.493 e. The van der Waals surface area contributed by atoms with Crippen LogP contribution in [0.15, 0.2) is 30.5 Å². The topological polar surface area (TPSA) is 87.3 Å². The number of nitrogens with zero attached hydrogens (tertiary/aromatic N) is 6. The predicted molar refractivity (Wildman–Crippen MR) is 134 cm³/mol. The molecule has 0 N–H and O–H groups in total. The van der Waals surface area contributed by atoms with Crippen LogP contribution in [-0.2, 0) is 11.8 Å². The molecule has 4 heterocycles. The number of benzene rings is 1. The van der Waals surface area contributed by atoms with Crippen molar-refractivity contribution in [3.63, 3.8) is 0 Å². The van der Waals surface area contributed by atoms with E-state index < -0.39 is 0 Å². The maximum Gasteiger partial charge on any atom is 0.239 e. The van der Waals surface area contributed by atoms with Crippen LogP contribution in [0.3, 0.4) is 0 Å². The van der Waals surface area contributed by atoms with Crippen LogP contribution in [0.2, 0.25) is 0 Å². The van der Waals surface area contributed by atoms with E-state index in [1.54, 1.807) is 0 Å². The lowest BCUT2D eigenvalue weighted by Gasteiger charge is -2.25. The van der Waals surface area contributed by atoms with Crippen molar-refractivity contribution in [2.45, 2.75) is 38.6 Å². The molecule has 0 radical (unpaired) electrons. The third kappa shape index (κ3) is 4.61. The van der Waals surface area contributed by atoms with E-state index in [0.29, 0.717) is 18.4 Å². The van der Waals surface area contributed by atoms with Gasteiger partial charge in [0.25, 0.3) is 0 Å². The highest BCUT2D eigenvalue weighted by atomic mass is 16.5. The number of fused-ring (bicyclic) bond motifs is 1. The first-order chi connectivity index (χ1) is 16.9. The van der Waals surface area contributed by atoms with Crippen LogP contribution in [0.25, 0.3) is 22.3 Å². The summed E-state index contributed by atoms with van der Waals surface area (Å²) < 4.78 is 8.04. The minimum atomic E-state index is 0.0717. The van der Waals surface area contributed by atoms with Crippen molar-refractivity contribution in [2.75, 3.05) is 33.3 Å². The predicted octanol–water partition coefficient (Wildman–Crippen LogP) is 3.53. The zero-order valence-electron chi connectivity index (χ0n) is 20.7. The van der Waals surface area contributed by atoms with E-state index in [0.717, 1.165) is 78.9 Å². The Hall–Kier alpha value is -3.44. The monoisotopic (exact) mass is 472 g/mol. The Morgan fingerprint density at radius 3 is 2.80 bits per heavy atom. The number of likely N-dealkylation sites (tertiary alicyclic amines) is 2. The Kier molecular flexibility index (Phi) is 6.44. The SMILES string of the molecule is Cc1cc(-c2nc(C#N)nc3c2ccn3C)ccc1OCCC1CCN(C(=O)[C@@H]2CCCN2C)C1. The van der Waals surface area contributed by atoms with Gasteiger partial charge in [-0.2, -0.15) is 5.26 Å². The lowest BCUT2D eigenvalue weighted by molar-refractivity contribution is -0.134.